The molecule has 0 aromatic heterocycles. The molecule has 0 amide bonds. The normalized spacial score (nSPS) is 22.4. The number of halogens is 1. The highest BCUT2D eigenvalue weighted by Crippen LogP contribution is 2.62. The Morgan fingerprint density at radius 2 is 1.81 bits per heavy atom. The van der Waals surface area contributed by atoms with Crippen molar-refractivity contribution < 1.29 is 4.74 Å². The highest BCUT2D eigenvalue weighted by Gasteiger charge is 2.55. The number of hydrogen-bond donors (Lipinski definition) is 1. The fourth-order valence-corrected chi connectivity index (χ4v) is 4.72. The smallest absolute Gasteiger partial charge is 0.0587 e. The van der Waals surface area contributed by atoms with Gasteiger partial charge in [-0.1, -0.05) is 36.6 Å². The SMILES string of the molecule is COCCNCC1(c2ccc(Cl)cc2)CC2(CCCC2)C1. The van der Waals surface area contributed by atoms with Crippen molar-refractivity contribution in [1.82, 2.24) is 5.32 Å². The number of hydrogen-bond acceptors (Lipinski definition) is 2. The zero-order chi connectivity index (χ0) is 14.8. The van der Waals surface area contributed by atoms with Crippen LogP contribution in [0.4, 0.5) is 0 Å². The minimum Gasteiger partial charge on any atom is -0.383 e. The fourth-order valence-electron chi connectivity index (χ4n) is 4.60. The molecular formula is C18H26ClNO. The third-order valence-corrected chi connectivity index (χ3v) is 5.75. The van der Waals surface area contributed by atoms with Gasteiger partial charge in [-0.2, -0.15) is 0 Å². The molecule has 0 aliphatic heterocycles. The predicted octanol–water partition coefficient (Wildman–Crippen LogP) is 4.17. The third-order valence-electron chi connectivity index (χ3n) is 5.49. The fraction of sp³-hybridized carbons (Fsp3) is 0.667. The molecule has 2 fully saturated rings. The summed E-state index contributed by atoms with van der Waals surface area (Å²) in [6, 6.07) is 8.52. The van der Waals surface area contributed by atoms with Crippen molar-refractivity contribution in [2.24, 2.45) is 5.41 Å². The second-order valence-electron chi connectivity index (χ2n) is 7.02. The van der Waals surface area contributed by atoms with Gasteiger partial charge in [-0.25, -0.2) is 0 Å². The Morgan fingerprint density at radius 1 is 1.14 bits per heavy atom. The average molecular weight is 308 g/mol. The lowest BCUT2D eigenvalue weighted by Crippen LogP contribution is -2.54. The number of ether oxygens (including phenoxy) is 1. The largest absolute Gasteiger partial charge is 0.383 e. The maximum atomic E-state index is 6.06. The Morgan fingerprint density at radius 3 is 2.43 bits per heavy atom. The molecule has 1 N–H and O–H groups in total. The van der Waals surface area contributed by atoms with Gasteiger partial charge in [0.25, 0.3) is 0 Å². The van der Waals surface area contributed by atoms with Crippen LogP contribution in [0.1, 0.15) is 44.1 Å². The minimum atomic E-state index is 0.308. The highest BCUT2D eigenvalue weighted by atomic mass is 35.5. The summed E-state index contributed by atoms with van der Waals surface area (Å²) in [4.78, 5) is 0. The van der Waals surface area contributed by atoms with Gasteiger partial charge in [0.15, 0.2) is 0 Å². The molecule has 21 heavy (non-hydrogen) atoms. The van der Waals surface area contributed by atoms with E-state index in [1.54, 1.807) is 7.11 Å². The molecule has 0 unspecified atom stereocenters. The van der Waals surface area contributed by atoms with E-state index in [9.17, 15) is 0 Å². The van der Waals surface area contributed by atoms with Gasteiger partial charge in [-0.15, -0.1) is 0 Å². The van der Waals surface area contributed by atoms with Gasteiger partial charge in [0, 0.05) is 30.6 Å². The van der Waals surface area contributed by atoms with Crippen LogP contribution in [-0.4, -0.2) is 26.8 Å². The Balaban J connectivity index is 1.71. The van der Waals surface area contributed by atoms with E-state index in [1.165, 1.54) is 44.1 Å². The lowest BCUT2D eigenvalue weighted by Gasteiger charge is -2.56. The van der Waals surface area contributed by atoms with Gasteiger partial charge < -0.3 is 10.1 Å². The molecule has 2 aliphatic carbocycles. The van der Waals surface area contributed by atoms with E-state index >= 15 is 0 Å². The molecule has 0 radical (unpaired) electrons. The van der Waals surface area contributed by atoms with Crippen LogP contribution >= 0.6 is 11.6 Å². The van der Waals surface area contributed by atoms with E-state index in [0.29, 0.717) is 10.8 Å². The van der Waals surface area contributed by atoms with Crippen LogP contribution in [0.3, 0.4) is 0 Å². The van der Waals surface area contributed by atoms with E-state index in [4.69, 9.17) is 16.3 Å². The summed E-state index contributed by atoms with van der Waals surface area (Å²) in [6.45, 7) is 2.76. The Hall–Kier alpha value is -0.570. The number of benzene rings is 1. The highest BCUT2D eigenvalue weighted by molar-refractivity contribution is 6.30. The second kappa shape index (κ2) is 6.28. The number of methoxy groups -OCH3 is 1. The maximum Gasteiger partial charge on any atom is 0.0587 e. The summed E-state index contributed by atoms with van der Waals surface area (Å²) in [7, 11) is 1.76. The van der Waals surface area contributed by atoms with E-state index < -0.39 is 0 Å². The van der Waals surface area contributed by atoms with Crippen molar-refractivity contribution in [1.29, 1.82) is 0 Å². The predicted molar refractivity (Wildman–Crippen MR) is 88.0 cm³/mol. The monoisotopic (exact) mass is 307 g/mol. The third kappa shape index (κ3) is 3.13. The van der Waals surface area contributed by atoms with Crippen LogP contribution in [0.25, 0.3) is 0 Å². The minimum absolute atomic E-state index is 0.308. The van der Waals surface area contributed by atoms with Crippen LogP contribution in [0, 0.1) is 5.41 Å². The summed E-state index contributed by atoms with van der Waals surface area (Å²) >= 11 is 6.06. The Kier molecular flexibility index (Phi) is 4.58. The van der Waals surface area contributed by atoms with Gasteiger partial charge in [0.2, 0.25) is 0 Å². The maximum absolute atomic E-state index is 6.06. The van der Waals surface area contributed by atoms with Gasteiger partial charge in [0.05, 0.1) is 6.61 Å². The summed E-state index contributed by atoms with van der Waals surface area (Å²) < 4.78 is 5.14. The first-order chi connectivity index (χ1) is 10.2. The van der Waals surface area contributed by atoms with Crippen LogP contribution in [0.5, 0.6) is 0 Å². The van der Waals surface area contributed by atoms with E-state index in [0.717, 1.165) is 24.7 Å². The van der Waals surface area contributed by atoms with Crippen molar-refractivity contribution in [3.05, 3.63) is 34.9 Å². The van der Waals surface area contributed by atoms with E-state index in [1.807, 2.05) is 12.1 Å². The summed E-state index contributed by atoms with van der Waals surface area (Å²) in [5, 5.41) is 4.42. The van der Waals surface area contributed by atoms with Gasteiger partial charge >= 0.3 is 0 Å². The lowest BCUT2D eigenvalue weighted by atomic mass is 9.49. The first-order valence-corrected chi connectivity index (χ1v) is 8.52. The number of rotatable bonds is 6. The van der Waals surface area contributed by atoms with Gasteiger partial charge in [-0.3, -0.25) is 0 Å². The molecule has 2 aliphatic rings. The van der Waals surface area contributed by atoms with Crippen LogP contribution in [0.2, 0.25) is 5.02 Å². The zero-order valence-corrected chi connectivity index (χ0v) is 13.7. The molecular weight excluding hydrogens is 282 g/mol. The molecule has 2 saturated carbocycles. The van der Waals surface area contributed by atoms with Crippen LogP contribution in [-0.2, 0) is 10.2 Å². The first kappa shape index (κ1) is 15.3. The Labute approximate surface area is 133 Å². The molecule has 0 heterocycles. The summed E-state index contributed by atoms with van der Waals surface area (Å²) in [5.41, 5.74) is 2.40. The quantitative estimate of drug-likeness (QED) is 0.797. The molecule has 0 atom stereocenters. The van der Waals surface area contributed by atoms with Crippen molar-refractivity contribution >= 4 is 11.6 Å². The first-order valence-electron chi connectivity index (χ1n) is 8.14. The van der Waals surface area contributed by atoms with Gasteiger partial charge in [-0.05, 0) is 48.8 Å². The molecule has 1 aromatic rings. The van der Waals surface area contributed by atoms with Crippen LogP contribution < -0.4 is 5.32 Å². The summed E-state index contributed by atoms with van der Waals surface area (Å²) in [6.07, 6.45) is 8.38. The average Bonchev–Trinajstić information content (AvgIpc) is 2.92. The van der Waals surface area contributed by atoms with Crippen molar-refractivity contribution in [2.75, 3.05) is 26.8 Å². The second-order valence-corrected chi connectivity index (χ2v) is 7.45. The molecule has 1 aromatic carbocycles. The van der Waals surface area contributed by atoms with Crippen molar-refractivity contribution in [3.8, 4) is 0 Å². The number of nitrogens with one attached hydrogen (secondary N) is 1. The zero-order valence-electron chi connectivity index (χ0n) is 13.0. The summed E-state index contributed by atoms with van der Waals surface area (Å²) in [5.74, 6) is 0. The van der Waals surface area contributed by atoms with E-state index in [-0.39, 0.29) is 0 Å². The standard InChI is InChI=1S/C18H26ClNO/c1-21-11-10-20-14-18(15-4-6-16(19)7-5-15)12-17(13-18)8-2-3-9-17/h4-7,20H,2-3,8-14H2,1H3. The molecule has 1 spiro atoms. The molecule has 2 nitrogen and oxygen atoms in total. The van der Waals surface area contributed by atoms with E-state index in [2.05, 4.69) is 17.4 Å². The van der Waals surface area contributed by atoms with Gasteiger partial charge in [0.1, 0.15) is 0 Å². The Bertz CT molecular complexity index is 457. The molecule has 116 valence electrons. The van der Waals surface area contributed by atoms with Crippen molar-refractivity contribution in [3.63, 3.8) is 0 Å². The lowest BCUT2D eigenvalue weighted by molar-refractivity contribution is 0.0260. The molecule has 3 heteroatoms. The molecule has 0 saturated heterocycles. The molecule has 3 rings (SSSR count). The van der Waals surface area contributed by atoms with Crippen LogP contribution in [0.15, 0.2) is 24.3 Å². The van der Waals surface area contributed by atoms with Crippen molar-refractivity contribution in [2.45, 2.75) is 43.9 Å². The topological polar surface area (TPSA) is 21.3 Å². The molecule has 0 bridgehead atoms.